The molecule has 0 saturated carbocycles. The van der Waals surface area contributed by atoms with Crippen molar-refractivity contribution in [1.29, 1.82) is 0 Å². The molecule has 0 atom stereocenters. The van der Waals surface area contributed by atoms with Crippen molar-refractivity contribution in [3.63, 3.8) is 0 Å². The van der Waals surface area contributed by atoms with Crippen LogP contribution in [0.25, 0.3) is 10.2 Å². The molecule has 0 bridgehead atoms. The molecule has 1 aromatic heterocycles. The number of rotatable bonds is 6. The third-order valence-corrected chi connectivity index (χ3v) is 4.87. The summed E-state index contributed by atoms with van der Waals surface area (Å²) in [6.07, 6.45) is 1.14. The molecular weight excluding hydrogens is 334 g/mol. The van der Waals surface area contributed by atoms with Crippen molar-refractivity contribution in [2.75, 3.05) is 31.4 Å². The van der Waals surface area contributed by atoms with E-state index in [0.29, 0.717) is 18.0 Å². The van der Waals surface area contributed by atoms with Crippen LogP contribution < -0.4 is 15.0 Å². The van der Waals surface area contributed by atoms with E-state index >= 15 is 0 Å². The Morgan fingerprint density at radius 2 is 1.96 bits per heavy atom. The number of anilines is 2. The van der Waals surface area contributed by atoms with Crippen molar-refractivity contribution < 1.29 is 9.53 Å². The molecule has 6 heteroatoms. The Morgan fingerprint density at radius 1 is 1.20 bits per heavy atom. The van der Waals surface area contributed by atoms with Crippen molar-refractivity contribution in [2.24, 2.45) is 0 Å². The van der Waals surface area contributed by atoms with Gasteiger partial charge in [0.25, 0.3) is 0 Å². The minimum Gasteiger partial charge on any atom is -0.497 e. The van der Waals surface area contributed by atoms with Gasteiger partial charge in [0.1, 0.15) is 5.75 Å². The van der Waals surface area contributed by atoms with Crippen LogP contribution in [0, 0.1) is 0 Å². The van der Waals surface area contributed by atoms with Gasteiger partial charge in [-0.05, 0) is 42.3 Å². The van der Waals surface area contributed by atoms with Crippen molar-refractivity contribution in [3.05, 3.63) is 48.0 Å². The highest BCUT2D eigenvalue weighted by atomic mass is 32.1. The van der Waals surface area contributed by atoms with E-state index in [1.165, 1.54) is 11.3 Å². The first kappa shape index (κ1) is 17.2. The van der Waals surface area contributed by atoms with Gasteiger partial charge in [0.2, 0.25) is 5.91 Å². The first-order chi connectivity index (χ1) is 12.0. The van der Waals surface area contributed by atoms with E-state index in [2.05, 4.69) is 39.5 Å². The van der Waals surface area contributed by atoms with Crippen molar-refractivity contribution in [1.82, 2.24) is 4.98 Å². The van der Waals surface area contributed by atoms with E-state index in [0.717, 1.165) is 27.2 Å². The van der Waals surface area contributed by atoms with E-state index in [-0.39, 0.29) is 5.91 Å². The standard InChI is InChI=1S/C19H21N3O2S/c1-22(2)14-7-4-13(5-8-14)6-11-18(23)21-19-20-16-10-9-15(24-3)12-17(16)25-19/h4-5,7-10,12H,6,11H2,1-3H3,(H,20,21,23). The molecule has 3 rings (SSSR count). The highest BCUT2D eigenvalue weighted by Gasteiger charge is 2.09. The SMILES string of the molecule is COc1ccc2nc(NC(=O)CCc3ccc(N(C)C)cc3)sc2c1. The number of carbonyl (C=O) groups is 1. The molecule has 3 aromatic rings. The second kappa shape index (κ2) is 7.53. The quantitative estimate of drug-likeness (QED) is 0.728. The first-order valence-corrected chi connectivity index (χ1v) is 8.87. The maximum Gasteiger partial charge on any atom is 0.226 e. The minimum atomic E-state index is -0.0253. The number of fused-ring (bicyclic) bond motifs is 1. The van der Waals surface area contributed by atoms with Gasteiger partial charge in [-0.2, -0.15) is 0 Å². The van der Waals surface area contributed by atoms with Crippen molar-refractivity contribution in [2.45, 2.75) is 12.8 Å². The molecule has 0 fully saturated rings. The summed E-state index contributed by atoms with van der Waals surface area (Å²) < 4.78 is 6.21. The largest absolute Gasteiger partial charge is 0.497 e. The molecule has 0 unspecified atom stereocenters. The summed E-state index contributed by atoms with van der Waals surface area (Å²) in [6.45, 7) is 0. The predicted molar refractivity (Wildman–Crippen MR) is 104 cm³/mol. The lowest BCUT2D eigenvalue weighted by Gasteiger charge is -2.12. The molecule has 1 amide bonds. The van der Waals surface area contributed by atoms with Crippen LogP contribution >= 0.6 is 11.3 Å². The van der Waals surface area contributed by atoms with Gasteiger partial charge in [0.05, 0.1) is 17.3 Å². The molecule has 2 aromatic carbocycles. The summed E-state index contributed by atoms with van der Waals surface area (Å²) in [4.78, 5) is 18.7. The van der Waals surface area contributed by atoms with Crippen LogP contribution in [-0.4, -0.2) is 32.1 Å². The number of nitrogens with zero attached hydrogens (tertiary/aromatic N) is 2. The molecule has 130 valence electrons. The number of hydrogen-bond acceptors (Lipinski definition) is 5. The number of amides is 1. The highest BCUT2D eigenvalue weighted by molar-refractivity contribution is 7.22. The molecule has 1 N–H and O–H groups in total. The van der Waals surface area contributed by atoms with E-state index in [1.54, 1.807) is 7.11 Å². The Hall–Kier alpha value is -2.60. The number of methoxy groups -OCH3 is 1. The van der Waals surface area contributed by atoms with Crippen LogP contribution in [0.1, 0.15) is 12.0 Å². The molecule has 1 heterocycles. The van der Waals surface area contributed by atoms with Gasteiger partial charge in [-0.25, -0.2) is 4.98 Å². The van der Waals surface area contributed by atoms with Crippen molar-refractivity contribution >= 4 is 38.3 Å². The number of aryl methyl sites for hydroxylation is 1. The van der Waals surface area contributed by atoms with Gasteiger partial charge in [-0.15, -0.1) is 0 Å². The van der Waals surface area contributed by atoms with Crippen LogP contribution in [0.2, 0.25) is 0 Å². The fraction of sp³-hybridized carbons (Fsp3) is 0.263. The number of ether oxygens (including phenoxy) is 1. The molecular formula is C19H21N3O2S. The zero-order valence-corrected chi connectivity index (χ0v) is 15.4. The van der Waals surface area contributed by atoms with Crippen LogP contribution in [0.5, 0.6) is 5.75 Å². The van der Waals surface area contributed by atoms with Crippen LogP contribution in [0.4, 0.5) is 10.8 Å². The molecule has 0 aliphatic heterocycles. The Morgan fingerprint density at radius 3 is 2.64 bits per heavy atom. The van der Waals surface area contributed by atoms with E-state index in [9.17, 15) is 4.79 Å². The van der Waals surface area contributed by atoms with Gasteiger partial charge >= 0.3 is 0 Å². The summed E-state index contributed by atoms with van der Waals surface area (Å²) in [5.41, 5.74) is 3.16. The van der Waals surface area contributed by atoms with Gasteiger partial charge in [-0.3, -0.25) is 4.79 Å². The Kier molecular flexibility index (Phi) is 5.19. The number of thiazole rings is 1. The number of aromatic nitrogens is 1. The zero-order valence-electron chi connectivity index (χ0n) is 14.6. The number of carbonyl (C=O) groups excluding carboxylic acids is 1. The third-order valence-electron chi connectivity index (χ3n) is 3.94. The van der Waals surface area contributed by atoms with Crippen LogP contribution in [0.15, 0.2) is 42.5 Å². The molecule has 0 spiro atoms. The smallest absolute Gasteiger partial charge is 0.226 e. The van der Waals surface area contributed by atoms with E-state index < -0.39 is 0 Å². The maximum absolute atomic E-state index is 12.2. The molecule has 25 heavy (non-hydrogen) atoms. The average molecular weight is 355 g/mol. The van der Waals surface area contributed by atoms with Gasteiger partial charge < -0.3 is 15.0 Å². The lowest BCUT2D eigenvalue weighted by molar-refractivity contribution is -0.116. The Bertz CT molecular complexity index is 872. The third kappa shape index (κ3) is 4.28. The second-order valence-electron chi connectivity index (χ2n) is 5.96. The lowest BCUT2D eigenvalue weighted by Crippen LogP contribution is -2.12. The highest BCUT2D eigenvalue weighted by Crippen LogP contribution is 2.29. The summed E-state index contributed by atoms with van der Waals surface area (Å²) in [5, 5.41) is 3.51. The Balaban J connectivity index is 1.58. The molecule has 0 radical (unpaired) electrons. The van der Waals surface area contributed by atoms with Crippen LogP contribution in [0.3, 0.4) is 0 Å². The molecule has 0 aliphatic carbocycles. The topological polar surface area (TPSA) is 54.5 Å². The first-order valence-electron chi connectivity index (χ1n) is 8.06. The monoisotopic (exact) mass is 355 g/mol. The molecule has 0 saturated heterocycles. The molecule has 0 aliphatic rings. The predicted octanol–water partition coefficient (Wildman–Crippen LogP) is 3.94. The fourth-order valence-corrected chi connectivity index (χ4v) is 3.40. The summed E-state index contributed by atoms with van der Waals surface area (Å²) >= 11 is 1.45. The van der Waals surface area contributed by atoms with Gasteiger partial charge in [0, 0.05) is 26.2 Å². The summed E-state index contributed by atoms with van der Waals surface area (Å²) in [5.74, 6) is 0.762. The summed E-state index contributed by atoms with van der Waals surface area (Å²) in [7, 11) is 5.65. The fourth-order valence-electron chi connectivity index (χ4n) is 2.49. The van der Waals surface area contributed by atoms with E-state index in [4.69, 9.17) is 4.74 Å². The normalized spacial score (nSPS) is 10.7. The van der Waals surface area contributed by atoms with Crippen molar-refractivity contribution in [3.8, 4) is 5.75 Å². The average Bonchev–Trinajstić information content (AvgIpc) is 3.01. The molecule has 5 nitrogen and oxygen atoms in total. The summed E-state index contributed by atoms with van der Waals surface area (Å²) in [6, 6.07) is 13.9. The van der Waals surface area contributed by atoms with Gasteiger partial charge in [-0.1, -0.05) is 23.5 Å². The number of benzene rings is 2. The Labute approximate surface area is 151 Å². The lowest BCUT2D eigenvalue weighted by atomic mass is 10.1. The number of nitrogens with one attached hydrogen (secondary N) is 1. The van der Waals surface area contributed by atoms with Gasteiger partial charge in [0.15, 0.2) is 5.13 Å². The van der Waals surface area contributed by atoms with E-state index in [1.807, 2.05) is 32.3 Å². The zero-order chi connectivity index (χ0) is 17.8. The number of hydrogen-bond donors (Lipinski definition) is 1. The van der Waals surface area contributed by atoms with Crippen LogP contribution in [-0.2, 0) is 11.2 Å². The minimum absolute atomic E-state index is 0.0253. The second-order valence-corrected chi connectivity index (χ2v) is 6.99. The maximum atomic E-state index is 12.2.